The van der Waals surface area contributed by atoms with Crippen LogP contribution in [0.1, 0.15) is 44.2 Å². The summed E-state index contributed by atoms with van der Waals surface area (Å²) in [6.07, 6.45) is 11.5. The van der Waals surface area contributed by atoms with Crippen LogP contribution in [-0.2, 0) is 6.42 Å². The normalized spacial score (nSPS) is 21.7. The standard InChI is InChI=1S/C16H24N4S/c17-8-3-13-14(18-15-20(13)11-12-21-15)19-9-6-16(7-10-19)4-1-2-5-16/h11-12H,1-10,17H2. The smallest absolute Gasteiger partial charge is 0.195 e. The Kier molecular flexibility index (Phi) is 3.42. The highest BCUT2D eigenvalue weighted by atomic mass is 32.1. The first-order chi connectivity index (χ1) is 10.3. The number of rotatable bonds is 3. The van der Waals surface area contributed by atoms with Gasteiger partial charge in [-0.2, -0.15) is 0 Å². The molecule has 0 unspecified atom stereocenters. The molecule has 0 bridgehead atoms. The summed E-state index contributed by atoms with van der Waals surface area (Å²) in [5.74, 6) is 1.19. The van der Waals surface area contributed by atoms with Crippen molar-refractivity contribution >= 4 is 22.1 Å². The fourth-order valence-electron chi connectivity index (χ4n) is 4.26. The molecule has 1 saturated heterocycles. The molecule has 21 heavy (non-hydrogen) atoms. The molecule has 1 aliphatic carbocycles. The Morgan fingerprint density at radius 3 is 2.67 bits per heavy atom. The maximum Gasteiger partial charge on any atom is 0.195 e. The summed E-state index contributed by atoms with van der Waals surface area (Å²) in [4.78, 5) is 8.50. The zero-order valence-electron chi connectivity index (χ0n) is 12.6. The van der Waals surface area contributed by atoms with Crippen LogP contribution in [0.4, 0.5) is 5.82 Å². The lowest BCUT2D eigenvalue weighted by Gasteiger charge is -2.40. The van der Waals surface area contributed by atoms with E-state index in [-0.39, 0.29) is 0 Å². The minimum absolute atomic E-state index is 0.668. The van der Waals surface area contributed by atoms with Gasteiger partial charge in [-0.3, -0.25) is 4.40 Å². The Morgan fingerprint density at radius 1 is 1.19 bits per heavy atom. The molecule has 2 aromatic rings. The molecule has 0 radical (unpaired) electrons. The topological polar surface area (TPSA) is 46.6 Å². The zero-order valence-corrected chi connectivity index (χ0v) is 13.4. The maximum atomic E-state index is 5.82. The van der Waals surface area contributed by atoms with Gasteiger partial charge in [0.25, 0.3) is 0 Å². The third-order valence-electron chi connectivity index (χ3n) is 5.51. The number of nitrogens with two attached hydrogens (primary N) is 1. The van der Waals surface area contributed by atoms with E-state index in [0.717, 1.165) is 11.4 Å². The Labute approximate surface area is 130 Å². The van der Waals surface area contributed by atoms with E-state index in [1.165, 1.54) is 63.1 Å². The van der Waals surface area contributed by atoms with Crippen molar-refractivity contribution in [1.29, 1.82) is 0 Å². The van der Waals surface area contributed by atoms with E-state index in [9.17, 15) is 0 Å². The van der Waals surface area contributed by atoms with E-state index >= 15 is 0 Å². The third-order valence-corrected chi connectivity index (χ3v) is 6.27. The predicted molar refractivity (Wildman–Crippen MR) is 88.2 cm³/mol. The highest BCUT2D eigenvalue weighted by molar-refractivity contribution is 7.15. The number of hydrogen-bond acceptors (Lipinski definition) is 4. The van der Waals surface area contributed by atoms with Crippen LogP contribution in [0.25, 0.3) is 4.96 Å². The van der Waals surface area contributed by atoms with Gasteiger partial charge in [0.05, 0.1) is 5.69 Å². The second-order valence-electron chi connectivity index (χ2n) is 6.67. The Bertz CT molecular complexity index is 613. The molecule has 1 saturated carbocycles. The van der Waals surface area contributed by atoms with Crippen LogP contribution >= 0.6 is 11.3 Å². The highest BCUT2D eigenvalue weighted by Gasteiger charge is 2.37. The van der Waals surface area contributed by atoms with Gasteiger partial charge in [0.15, 0.2) is 10.8 Å². The summed E-state index contributed by atoms with van der Waals surface area (Å²) in [6.45, 7) is 3.03. The average molecular weight is 304 g/mol. The number of hydrogen-bond donors (Lipinski definition) is 1. The summed E-state index contributed by atoms with van der Waals surface area (Å²) in [6, 6.07) is 0. The first-order valence-corrected chi connectivity index (χ1v) is 9.09. The van der Waals surface area contributed by atoms with Crippen molar-refractivity contribution in [2.24, 2.45) is 11.1 Å². The molecule has 2 N–H and O–H groups in total. The number of fused-ring (bicyclic) bond motifs is 1. The van der Waals surface area contributed by atoms with E-state index in [0.29, 0.717) is 12.0 Å². The van der Waals surface area contributed by atoms with Gasteiger partial charge in [0.2, 0.25) is 0 Å². The highest BCUT2D eigenvalue weighted by Crippen LogP contribution is 2.46. The van der Waals surface area contributed by atoms with Gasteiger partial charge < -0.3 is 10.6 Å². The fourth-order valence-corrected chi connectivity index (χ4v) is 4.99. The molecule has 2 fully saturated rings. The molecule has 4 rings (SSSR count). The van der Waals surface area contributed by atoms with Crippen molar-refractivity contribution < 1.29 is 0 Å². The predicted octanol–water partition coefficient (Wildman–Crippen LogP) is 3.06. The first kappa shape index (κ1) is 13.6. The number of aromatic nitrogens is 2. The molecular formula is C16H24N4S. The van der Waals surface area contributed by atoms with E-state index in [1.54, 1.807) is 11.3 Å². The molecule has 0 amide bonds. The molecule has 5 heteroatoms. The van der Waals surface area contributed by atoms with Gasteiger partial charge >= 0.3 is 0 Å². The van der Waals surface area contributed by atoms with Crippen molar-refractivity contribution in [3.8, 4) is 0 Å². The lowest BCUT2D eigenvalue weighted by atomic mass is 9.77. The number of thiazole rings is 1. The monoisotopic (exact) mass is 304 g/mol. The van der Waals surface area contributed by atoms with Crippen LogP contribution in [0.5, 0.6) is 0 Å². The number of nitrogens with zero attached hydrogens (tertiary/aromatic N) is 3. The molecule has 0 aromatic carbocycles. The maximum absolute atomic E-state index is 5.82. The summed E-state index contributed by atoms with van der Waals surface area (Å²) in [5, 5.41) is 2.11. The van der Waals surface area contributed by atoms with E-state index < -0.39 is 0 Å². The van der Waals surface area contributed by atoms with Gasteiger partial charge in [0.1, 0.15) is 0 Å². The first-order valence-electron chi connectivity index (χ1n) is 8.21. The minimum atomic E-state index is 0.668. The summed E-state index contributed by atoms with van der Waals surface area (Å²) in [7, 11) is 0. The zero-order chi connectivity index (χ0) is 14.3. The van der Waals surface area contributed by atoms with Gasteiger partial charge in [-0.05, 0) is 37.6 Å². The largest absolute Gasteiger partial charge is 0.355 e. The molecule has 1 spiro atoms. The van der Waals surface area contributed by atoms with Crippen molar-refractivity contribution in [2.45, 2.75) is 44.9 Å². The average Bonchev–Trinajstić information content (AvgIpc) is 3.19. The second-order valence-corrected chi connectivity index (χ2v) is 7.54. The number of imidazole rings is 1. The van der Waals surface area contributed by atoms with Crippen molar-refractivity contribution in [3.05, 3.63) is 17.3 Å². The molecule has 2 aliphatic rings. The Morgan fingerprint density at radius 2 is 1.95 bits per heavy atom. The van der Waals surface area contributed by atoms with Crippen molar-refractivity contribution in [2.75, 3.05) is 24.5 Å². The van der Waals surface area contributed by atoms with E-state index in [4.69, 9.17) is 10.7 Å². The van der Waals surface area contributed by atoms with Crippen LogP contribution in [0.15, 0.2) is 11.6 Å². The van der Waals surface area contributed by atoms with Crippen molar-refractivity contribution in [1.82, 2.24) is 9.38 Å². The molecule has 114 valence electrons. The lowest BCUT2D eigenvalue weighted by Crippen LogP contribution is -2.39. The third kappa shape index (κ3) is 2.27. The molecular weight excluding hydrogens is 280 g/mol. The molecule has 1 aliphatic heterocycles. The van der Waals surface area contributed by atoms with Gasteiger partial charge in [0, 0.05) is 31.1 Å². The Hall–Kier alpha value is -1.07. The van der Waals surface area contributed by atoms with Gasteiger partial charge in [-0.25, -0.2) is 4.98 Å². The van der Waals surface area contributed by atoms with E-state index in [1.807, 2.05) is 0 Å². The van der Waals surface area contributed by atoms with Gasteiger partial charge in [-0.15, -0.1) is 11.3 Å². The number of anilines is 1. The van der Waals surface area contributed by atoms with Gasteiger partial charge in [-0.1, -0.05) is 12.8 Å². The molecule has 3 heterocycles. The SMILES string of the molecule is NCCc1c(N2CCC3(CCCC3)CC2)nc2sccn12. The quantitative estimate of drug-likeness (QED) is 0.948. The van der Waals surface area contributed by atoms with Crippen molar-refractivity contribution in [3.63, 3.8) is 0 Å². The van der Waals surface area contributed by atoms with Crippen LogP contribution in [0.3, 0.4) is 0 Å². The summed E-state index contributed by atoms with van der Waals surface area (Å²) in [5.41, 5.74) is 7.79. The second kappa shape index (κ2) is 5.29. The lowest BCUT2D eigenvalue weighted by molar-refractivity contribution is 0.226. The molecule has 0 atom stereocenters. The Balaban J connectivity index is 1.59. The fraction of sp³-hybridized carbons (Fsp3) is 0.688. The summed E-state index contributed by atoms with van der Waals surface area (Å²) >= 11 is 1.72. The van der Waals surface area contributed by atoms with Crippen LogP contribution in [0.2, 0.25) is 0 Å². The minimum Gasteiger partial charge on any atom is -0.355 e. The molecule has 4 nitrogen and oxygen atoms in total. The summed E-state index contributed by atoms with van der Waals surface area (Å²) < 4.78 is 2.23. The van der Waals surface area contributed by atoms with E-state index in [2.05, 4.69) is 20.9 Å². The molecule has 2 aromatic heterocycles. The van der Waals surface area contributed by atoms with Crippen LogP contribution in [0, 0.1) is 5.41 Å². The van der Waals surface area contributed by atoms with Crippen LogP contribution in [-0.4, -0.2) is 29.0 Å². The number of piperidine rings is 1. The van der Waals surface area contributed by atoms with Crippen LogP contribution < -0.4 is 10.6 Å².